The average Bonchev–Trinajstić information content (AvgIpc) is 2.26. The molecule has 3 heteroatoms. The summed E-state index contributed by atoms with van der Waals surface area (Å²) >= 11 is 0. The van der Waals surface area contributed by atoms with Gasteiger partial charge in [-0.15, -0.1) is 0 Å². The molecule has 0 saturated carbocycles. The minimum atomic E-state index is -0.550. The van der Waals surface area contributed by atoms with E-state index >= 15 is 0 Å². The van der Waals surface area contributed by atoms with Gasteiger partial charge < -0.3 is 9.47 Å². The number of hydrogen-bond acceptors (Lipinski definition) is 3. The van der Waals surface area contributed by atoms with Gasteiger partial charge in [-0.25, -0.2) is 4.79 Å². The van der Waals surface area contributed by atoms with Crippen LogP contribution in [0, 0.1) is 17.8 Å². The highest BCUT2D eigenvalue weighted by atomic mass is 16.7. The van der Waals surface area contributed by atoms with Crippen LogP contribution in [0.2, 0.25) is 0 Å². The molecule has 3 atom stereocenters. The van der Waals surface area contributed by atoms with Crippen molar-refractivity contribution >= 4 is 6.16 Å². The van der Waals surface area contributed by atoms with Crippen molar-refractivity contribution in [2.24, 2.45) is 17.8 Å². The molecule has 0 saturated heterocycles. The molecule has 17 heavy (non-hydrogen) atoms. The molecule has 0 aromatic carbocycles. The molecular weight excluding hydrogens is 216 g/mol. The van der Waals surface area contributed by atoms with Crippen LogP contribution in [0.1, 0.15) is 40.5 Å². The van der Waals surface area contributed by atoms with Gasteiger partial charge in [0.25, 0.3) is 0 Å². The van der Waals surface area contributed by atoms with Crippen molar-refractivity contribution in [1.82, 2.24) is 0 Å². The molecule has 0 aliphatic heterocycles. The fourth-order valence-corrected chi connectivity index (χ4v) is 2.35. The Morgan fingerprint density at radius 1 is 1.41 bits per heavy atom. The van der Waals surface area contributed by atoms with Gasteiger partial charge in [0.2, 0.25) is 0 Å². The predicted molar refractivity (Wildman–Crippen MR) is 67.8 cm³/mol. The minimum Gasteiger partial charge on any atom is -0.435 e. The summed E-state index contributed by atoms with van der Waals surface area (Å²) in [6.45, 7) is 9.33. The number of hydrogen-bond donors (Lipinski definition) is 0. The Hall–Kier alpha value is -0.990. The van der Waals surface area contributed by atoms with Crippen molar-refractivity contribution < 1.29 is 14.3 Å². The largest absolute Gasteiger partial charge is 0.508 e. The first-order valence-corrected chi connectivity index (χ1v) is 6.52. The number of carbonyl (C=O) groups excluding carboxylic acids is 1. The van der Waals surface area contributed by atoms with Crippen molar-refractivity contribution in [2.75, 3.05) is 13.2 Å². The first kappa shape index (κ1) is 14.1. The summed E-state index contributed by atoms with van der Waals surface area (Å²) in [7, 11) is 0. The van der Waals surface area contributed by atoms with E-state index < -0.39 is 6.16 Å². The van der Waals surface area contributed by atoms with Crippen LogP contribution in [-0.2, 0) is 9.47 Å². The molecule has 0 fully saturated rings. The number of ether oxygens (including phenoxy) is 2. The van der Waals surface area contributed by atoms with Gasteiger partial charge in [0.15, 0.2) is 0 Å². The first-order valence-electron chi connectivity index (χ1n) is 6.52. The maximum absolute atomic E-state index is 11.0. The molecule has 0 aromatic heterocycles. The van der Waals surface area contributed by atoms with Gasteiger partial charge in [0.1, 0.15) is 0 Å². The number of carbonyl (C=O) groups is 1. The van der Waals surface area contributed by atoms with Crippen LogP contribution in [0.5, 0.6) is 0 Å². The van der Waals surface area contributed by atoms with Crippen LogP contribution < -0.4 is 0 Å². The van der Waals surface area contributed by atoms with E-state index in [9.17, 15) is 4.79 Å². The first-order chi connectivity index (χ1) is 8.04. The normalized spacial score (nSPS) is 28.5. The van der Waals surface area contributed by atoms with E-state index in [2.05, 4.69) is 26.8 Å². The van der Waals surface area contributed by atoms with Crippen LogP contribution in [0.25, 0.3) is 0 Å². The second-order valence-electron chi connectivity index (χ2n) is 5.00. The topological polar surface area (TPSA) is 35.5 Å². The highest BCUT2D eigenvalue weighted by Gasteiger charge is 2.23. The zero-order chi connectivity index (χ0) is 12.8. The summed E-state index contributed by atoms with van der Waals surface area (Å²) in [6.07, 6.45) is 3.89. The summed E-state index contributed by atoms with van der Waals surface area (Å²) in [5.74, 6) is 1.93. The SMILES string of the molecule is CCOC(=O)OCCC1CC(C)C(C)C=C1C. The Balaban J connectivity index is 2.32. The van der Waals surface area contributed by atoms with Crippen molar-refractivity contribution in [2.45, 2.75) is 40.5 Å². The fourth-order valence-electron chi connectivity index (χ4n) is 2.35. The van der Waals surface area contributed by atoms with Crippen molar-refractivity contribution in [1.29, 1.82) is 0 Å². The van der Waals surface area contributed by atoms with Gasteiger partial charge in [-0.1, -0.05) is 25.5 Å². The second-order valence-corrected chi connectivity index (χ2v) is 5.00. The Morgan fingerprint density at radius 2 is 2.12 bits per heavy atom. The van der Waals surface area contributed by atoms with E-state index in [1.165, 1.54) is 12.0 Å². The minimum absolute atomic E-state index is 0.371. The molecule has 3 nitrogen and oxygen atoms in total. The molecular formula is C14H24O3. The van der Waals surface area contributed by atoms with Gasteiger partial charge in [-0.05, 0) is 44.4 Å². The van der Waals surface area contributed by atoms with E-state index in [-0.39, 0.29) is 0 Å². The Labute approximate surface area is 104 Å². The van der Waals surface area contributed by atoms with Gasteiger partial charge in [0, 0.05) is 0 Å². The van der Waals surface area contributed by atoms with E-state index in [4.69, 9.17) is 9.47 Å². The highest BCUT2D eigenvalue weighted by Crippen LogP contribution is 2.34. The third-order valence-electron chi connectivity index (χ3n) is 3.67. The van der Waals surface area contributed by atoms with Crippen LogP contribution in [0.3, 0.4) is 0 Å². The van der Waals surface area contributed by atoms with Crippen LogP contribution in [-0.4, -0.2) is 19.4 Å². The van der Waals surface area contributed by atoms with E-state index in [0.29, 0.717) is 31.0 Å². The summed E-state index contributed by atoms with van der Waals surface area (Å²) < 4.78 is 9.73. The van der Waals surface area contributed by atoms with Crippen LogP contribution >= 0.6 is 0 Å². The van der Waals surface area contributed by atoms with Gasteiger partial charge in [0.05, 0.1) is 13.2 Å². The van der Waals surface area contributed by atoms with E-state index in [1.54, 1.807) is 6.92 Å². The van der Waals surface area contributed by atoms with E-state index in [0.717, 1.165) is 6.42 Å². The van der Waals surface area contributed by atoms with Gasteiger partial charge >= 0.3 is 6.16 Å². The number of rotatable bonds is 4. The molecule has 0 aromatic rings. The summed E-state index contributed by atoms with van der Waals surface area (Å²) in [6, 6.07) is 0. The smallest absolute Gasteiger partial charge is 0.435 e. The molecule has 0 amide bonds. The summed E-state index contributed by atoms with van der Waals surface area (Å²) in [4.78, 5) is 11.0. The molecule has 3 unspecified atom stereocenters. The second kappa shape index (κ2) is 6.67. The maximum atomic E-state index is 11.0. The lowest BCUT2D eigenvalue weighted by Gasteiger charge is -2.30. The molecule has 1 rings (SSSR count). The average molecular weight is 240 g/mol. The van der Waals surface area contributed by atoms with Gasteiger partial charge in [-0.3, -0.25) is 0 Å². The Morgan fingerprint density at radius 3 is 2.76 bits per heavy atom. The van der Waals surface area contributed by atoms with Crippen LogP contribution in [0.15, 0.2) is 11.6 Å². The molecule has 0 N–H and O–H groups in total. The van der Waals surface area contributed by atoms with E-state index in [1.807, 2.05) is 0 Å². The lowest BCUT2D eigenvalue weighted by atomic mass is 9.76. The quantitative estimate of drug-likeness (QED) is 0.554. The van der Waals surface area contributed by atoms with Crippen molar-refractivity contribution in [3.63, 3.8) is 0 Å². The molecule has 0 heterocycles. The Bertz CT molecular complexity index is 283. The third-order valence-corrected chi connectivity index (χ3v) is 3.67. The summed E-state index contributed by atoms with van der Waals surface area (Å²) in [5, 5.41) is 0. The molecule has 0 bridgehead atoms. The lowest BCUT2D eigenvalue weighted by Crippen LogP contribution is -2.21. The highest BCUT2D eigenvalue weighted by molar-refractivity contribution is 5.59. The fraction of sp³-hybridized carbons (Fsp3) is 0.786. The molecule has 98 valence electrons. The Kier molecular flexibility index (Phi) is 5.52. The molecule has 0 spiro atoms. The standard InChI is InChI=1S/C14H24O3/c1-5-16-14(15)17-7-6-13-9-11(3)10(2)8-12(13)4/h8,10-11,13H,5-7,9H2,1-4H3. The molecule has 1 aliphatic rings. The predicted octanol–water partition coefficient (Wildman–Crippen LogP) is 3.79. The lowest BCUT2D eigenvalue weighted by molar-refractivity contribution is 0.0549. The van der Waals surface area contributed by atoms with Gasteiger partial charge in [-0.2, -0.15) is 0 Å². The monoisotopic (exact) mass is 240 g/mol. The number of allylic oxidation sites excluding steroid dienone is 2. The third kappa shape index (κ3) is 4.41. The molecule has 0 radical (unpaired) electrons. The molecule has 1 aliphatic carbocycles. The van der Waals surface area contributed by atoms with Crippen molar-refractivity contribution in [3.05, 3.63) is 11.6 Å². The maximum Gasteiger partial charge on any atom is 0.508 e. The van der Waals surface area contributed by atoms with Crippen LogP contribution in [0.4, 0.5) is 4.79 Å². The zero-order valence-electron chi connectivity index (χ0n) is 11.4. The zero-order valence-corrected chi connectivity index (χ0v) is 11.4. The van der Waals surface area contributed by atoms with Crippen molar-refractivity contribution in [3.8, 4) is 0 Å². The summed E-state index contributed by atoms with van der Waals surface area (Å²) in [5.41, 5.74) is 1.43.